The van der Waals surface area contributed by atoms with E-state index in [-0.39, 0.29) is 12.5 Å². The maximum absolute atomic E-state index is 12.7. The Morgan fingerprint density at radius 2 is 1.95 bits per heavy atom. The van der Waals surface area contributed by atoms with Gasteiger partial charge in [-0.15, -0.1) is 0 Å². The van der Waals surface area contributed by atoms with Crippen LogP contribution in [0.15, 0.2) is 22.7 Å². The summed E-state index contributed by atoms with van der Waals surface area (Å²) in [5.41, 5.74) is -0.379. The zero-order chi connectivity index (χ0) is 16.2. The van der Waals surface area contributed by atoms with Gasteiger partial charge in [0.05, 0.1) is 5.56 Å². The molecule has 0 aliphatic rings. The molecule has 1 aromatic carbocycles. The van der Waals surface area contributed by atoms with Crippen LogP contribution in [0, 0.1) is 5.92 Å². The molecule has 0 unspecified atom stereocenters. The third kappa shape index (κ3) is 6.05. The molecule has 0 aromatic heterocycles. The van der Waals surface area contributed by atoms with Gasteiger partial charge in [0.25, 0.3) is 0 Å². The molecule has 0 bridgehead atoms. The highest BCUT2D eigenvalue weighted by Crippen LogP contribution is 2.32. The van der Waals surface area contributed by atoms with Crippen molar-refractivity contribution < 1.29 is 23.1 Å². The molecule has 118 valence electrons. The minimum atomic E-state index is -4.43. The van der Waals surface area contributed by atoms with E-state index in [0.29, 0.717) is 16.5 Å². The minimum absolute atomic E-state index is 0.0617. The molecule has 21 heavy (non-hydrogen) atoms. The predicted molar refractivity (Wildman–Crippen MR) is 76.9 cm³/mol. The second-order valence-electron chi connectivity index (χ2n) is 5.25. The van der Waals surface area contributed by atoms with E-state index in [0.717, 1.165) is 12.1 Å². The number of carbonyl (C=O) groups is 1. The van der Waals surface area contributed by atoms with Crippen LogP contribution in [0.5, 0.6) is 0 Å². The van der Waals surface area contributed by atoms with Gasteiger partial charge in [0.15, 0.2) is 0 Å². The summed E-state index contributed by atoms with van der Waals surface area (Å²) >= 11 is 3.04. The first-order valence-electron chi connectivity index (χ1n) is 6.42. The van der Waals surface area contributed by atoms with Crippen LogP contribution in [0.2, 0.25) is 0 Å². The molecule has 0 fully saturated rings. The number of benzene rings is 1. The summed E-state index contributed by atoms with van der Waals surface area (Å²) in [5, 5.41) is 11.9. The first kappa shape index (κ1) is 18.0. The van der Waals surface area contributed by atoms with Crippen LogP contribution in [-0.4, -0.2) is 17.1 Å². The standard InChI is InChI=1S/C14H17BrF3NO2/c1-8(2)3-12(13(20)21)19-7-9-4-10(14(16,17)18)6-11(15)5-9/h4-6,8,12,19H,3,7H2,1-2H3,(H,20,21)/t12-/m1/s1. The Bertz CT molecular complexity index is 503. The Labute approximate surface area is 129 Å². The van der Waals surface area contributed by atoms with Crippen LogP contribution in [0.3, 0.4) is 0 Å². The molecule has 7 heteroatoms. The maximum Gasteiger partial charge on any atom is 0.416 e. The zero-order valence-corrected chi connectivity index (χ0v) is 13.3. The minimum Gasteiger partial charge on any atom is -0.480 e. The summed E-state index contributed by atoms with van der Waals surface area (Å²) in [6.45, 7) is 3.84. The van der Waals surface area contributed by atoms with E-state index < -0.39 is 23.8 Å². The Morgan fingerprint density at radius 1 is 1.33 bits per heavy atom. The number of carboxylic acid groups (broad SMARTS) is 1. The third-order valence-electron chi connectivity index (χ3n) is 2.84. The Morgan fingerprint density at radius 3 is 2.43 bits per heavy atom. The lowest BCUT2D eigenvalue weighted by atomic mass is 10.0. The molecule has 0 heterocycles. The average molecular weight is 368 g/mol. The number of halogens is 4. The van der Waals surface area contributed by atoms with Crippen molar-refractivity contribution in [2.24, 2.45) is 5.92 Å². The summed E-state index contributed by atoms with van der Waals surface area (Å²) in [6.07, 6.45) is -4.02. The van der Waals surface area contributed by atoms with Gasteiger partial charge in [-0.05, 0) is 36.1 Å². The summed E-state index contributed by atoms with van der Waals surface area (Å²) in [6, 6.07) is 2.77. The Hall–Kier alpha value is -1.08. The molecule has 0 spiro atoms. The summed E-state index contributed by atoms with van der Waals surface area (Å²) in [7, 11) is 0. The van der Waals surface area contributed by atoms with E-state index >= 15 is 0 Å². The van der Waals surface area contributed by atoms with Crippen molar-refractivity contribution in [1.82, 2.24) is 5.32 Å². The Balaban J connectivity index is 2.83. The maximum atomic E-state index is 12.7. The molecule has 0 saturated carbocycles. The van der Waals surface area contributed by atoms with Crippen molar-refractivity contribution in [3.8, 4) is 0 Å². The van der Waals surface area contributed by atoms with Gasteiger partial charge < -0.3 is 10.4 Å². The van der Waals surface area contributed by atoms with Gasteiger partial charge in [-0.3, -0.25) is 4.79 Å². The number of hydrogen-bond donors (Lipinski definition) is 2. The van der Waals surface area contributed by atoms with Crippen molar-refractivity contribution in [2.75, 3.05) is 0 Å². The van der Waals surface area contributed by atoms with Gasteiger partial charge in [-0.1, -0.05) is 29.8 Å². The first-order chi connectivity index (χ1) is 9.59. The van der Waals surface area contributed by atoms with E-state index in [1.807, 2.05) is 13.8 Å². The molecule has 0 radical (unpaired) electrons. The predicted octanol–water partition coefficient (Wildman–Crippen LogP) is 4.06. The number of nitrogens with one attached hydrogen (secondary N) is 1. The van der Waals surface area contributed by atoms with Gasteiger partial charge in [0.2, 0.25) is 0 Å². The van der Waals surface area contributed by atoms with Gasteiger partial charge in [0, 0.05) is 11.0 Å². The van der Waals surface area contributed by atoms with Crippen LogP contribution in [0.4, 0.5) is 13.2 Å². The molecule has 1 aromatic rings. The van der Waals surface area contributed by atoms with Crippen LogP contribution in [-0.2, 0) is 17.5 Å². The molecular formula is C14H17BrF3NO2. The van der Waals surface area contributed by atoms with Gasteiger partial charge in [0.1, 0.15) is 6.04 Å². The number of rotatable bonds is 6. The fourth-order valence-corrected chi connectivity index (χ4v) is 2.44. The topological polar surface area (TPSA) is 49.3 Å². The third-order valence-corrected chi connectivity index (χ3v) is 3.30. The highest BCUT2D eigenvalue weighted by Gasteiger charge is 2.31. The largest absolute Gasteiger partial charge is 0.480 e. The normalized spacial score (nSPS) is 13.5. The second-order valence-corrected chi connectivity index (χ2v) is 6.16. The quantitative estimate of drug-likeness (QED) is 0.796. The lowest BCUT2D eigenvalue weighted by molar-refractivity contribution is -0.140. The molecular weight excluding hydrogens is 351 g/mol. The Kier molecular flexibility index (Phi) is 6.22. The highest BCUT2D eigenvalue weighted by atomic mass is 79.9. The van der Waals surface area contributed by atoms with E-state index in [9.17, 15) is 18.0 Å². The van der Waals surface area contributed by atoms with Crippen molar-refractivity contribution in [3.05, 3.63) is 33.8 Å². The highest BCUT2D eigenvalue weighted by molar-refractivity contribution is 9.10. The molecule has 2 N–H and O–H groups in total. The van der Waals surface area contributed by atoms with Crippen LogP contribution >= 0.6 is 15.9 Å². The van der Waals surface area contributed by atoms with E-state index in [4.69, 9.17) is 5.11 Å². The molecule has 0 aliphatic heterocycles. The molecule has 0 aliphatic carbocycles. The average Bonchev–Trinajstić information content (AvgIpc) is 2.32. The van der Waals surface area contributed by atoms with Crippen molar-refractivity contribution >= 4 is 21.9 Å². The van der Waals surface area contributed by atoms with Gasteiger partial charge in [-0.2, -0.15) is 13.2 Å². The monoisotopic (exact) mass is 367 g/mol. The van der Waals surface area contributed by atoms with Crippen molar-refractivity contribution in [3.63, 3.8) is 0 Å². The zero-order valence-electron chi connectivity index (χ0n) is 11.7. The number of carboxylic acids is 1. The molecule has 0 saturated heterocycles. The van der Waals surface area contributed by atoms with Gasteiger partial charge >= 0.3 is 12.1 Å². The van der Waals surface area contributed by atoms with E-state index in [1.165, 1.54) is 6.07 Å². The summed E-state index contributed by atoms with van der Waals surface area (Å²) < 4.78 is 38.4. The van der Waals surface area contributed by atoms with E-state index in [1.54, 1.807) is 0 Å². The number of alkyl halides is 3. The fourth-order valence-electron chi connectivity index (χ4n) is 1.90. The number of hydrogen-bond acceptors (Lipinski definition) is 2. The molecule has 1 rings (SSSR count). The summed E-state index contributed by atoms with van der Waals surface area (Å²) in [5.74, 6) is -0.832. The van der Waals surface area contributed by atoms with Crippen LogP contribution in [0.1, 0.15) is 31.4 Å². The van der Waals surface area contributed by atoms with Crippen LogP contribution in [0.25, 0.3) is 0 Å². The molecule has 0 amide bonds. The fraction of sp³-hybridized carbons (Fsp3) is 0.500. The second kappa shape index (κ2) is 7.26. The van der Waals surface area contributed by atoms with Crippen LogP contribution < -0.4 is 5.32 Å². The smallest absolute Gasteiger partial charge is 0.416 e. The molecule has 3 nitrogen and oxygen atoms in total. The lowest BCUT2D eigenvalue weighted by Gasteiger charge is -2.17. The number of aliphatic carboxylic acids is 1. The molecule has 1 atom stereocenters. The summed E-state index contributed by atoms with van der Waals surface area (Å²) in [4.78, 5) is 11.1. The van der Waals surface area contributed by atoms with Crippen molar-refractivity contribution in [2.45, 2.75) is 39.0 Å². The lowest BCUT2D eigenvalue weighted by Crippen LogP contribution is -2.37. The first-order valence-corrected chi connectivity index (χ1v) is 7.21. The van der Waals surface area contributed by atoms with Gasteiger partial charge in [-0.25, -0.2) is 0 Å². The van der Waals surface area contributed by atoms with Crippen molar-refractivity contribution in [1.29, 1.82) is 0 Å². The van der Waals surface area contributed by atoms with E-state index in [2.05, 4.69) is 21.2 Å². The SMILES string of the molecule is CC(C)C[C@@H](NCc1cc(Br)cc(C(F)(F)F)c1)C(=O)O.